The normalized spacial score (nSPS) is 10.7. The van der Waals surface area contributed by atoms with E-state index in [4.69, 9.17) is 0 Å². The van der Waals surface area contributed by atoms with E-state index in [9.17, 15) is 19.7 Å². The smallest absolute Gasteiger partial charge is 0.269 e. The van der Waals surface area contributed by atoms with E-state index in [2.05, 4.69) is 4.98 Å². The number of hydrogen-bond acceptors (Lipinski definition) is 5. The largest absolute Gasteiger partial charge is 0.383 e. The van der Waals surface area contributed by atoms with Crippen LogP contribution < -0.4 is 5.56 Å². The minimum Gasteiger partial charge on any atom is -0.383 e. The summed E-state index contributed by atoms with van der Waals surface area (Å²) in [5.74, 6) is -0.324. The van der Waals surface area contributed by atoms with Crippen molar-refractivity contribution >= 4 is 17.5 Å². The van der Waals surface area contributed by atoms with Crippen LogP contribution >= 0.6 is 0 Å². The van der Waals surface area contributed by atoms with E-state index in [0.717, 1.165) is 0 Å². The molecule has 7 heteroatoms. The predicted molar refractivity (Wildman–Crippen MR) is 86.3 cm³/mol. The highest BCUT2D eigenvalue weighted by atomic mass is 16.6. The summed E-state index contributed by atoms with van der Waals surface area (Å²) >= 11 is 0. The summed E-state index contributed by atoms with van der Waals surface area (Å²) in [4.78, 5) is 38.6. The van der Waals surface area contributed by atoms with Gasteiger partial charge in [0.2, 0.25) is 5.56 Å². The molecule has 0 spiro atoms. The van der Waals surface area contributed by atoms with Crippen LogP contribution in [0.1, 0.15) is 21.6 Å². The van der Waals surface area contributed by atoms with Gasteiger partial charge in [-0.2, -0.15) is 0 Å². The number of rotatable bonds is 5. The van der Waals surface area contributed by atoms with E-state index in [1.165, 1.54) is 36.4 Å². The lowest BCUT2D eigenvalue weighted by molar-refractivity contribution is -0.384. The number of aromatic amines is 1. The topological polar surface area (TPSA) is 96.3 Å². The van der Waals surface area contributed by atoms with Crippen molar-refractivity contribution in [3.8, 4) is 0 Å². The Labute approximate surface area is 132 Å². The summed E-state index contributed by atoms with van der Waals surface area (Å²) < 4.78 is 0. The molecule has 118 valence electrons. The van der Waals surface area contributed by atoms with Gasteiger partial charge in [0.1, 0.15) is 0 Å². The second-order valence-corrected chi connectivity index (χ2v) is 5.06. The summed E-state index contributed by atoms with van der Waals surface area (Å²) in [7, 11) is 3.63. The Morgan fingerprint density at radius 3 is 2.39 bits per heavy atom. The highest BCUT2D eigenvalue weighted by molar-refractivity contribution is 6.10. The van der Waals surface area contributed by atoms with Crippen molar-refractivity contribution in [2.45, 2.75) is 0 Å². The third-order valence-electron chi connectivity index (χ3n) is 3.07. The lowest BCUT2D eigenvalue weighted by Gasteiger charge is -2.07. The van der Waals surface area contributed by atoms with E-state index in [1.54, 1.807) is 17.2 Å². The summed E-state index contributed by atoms with van der Waals surface area (Å²) in [6, 6.07) is 8.04. The van der Waals surface area contributed by atoms with Gasteiger partial charge < -0.3 is 9.88 Å². The third-order valence-corrected chi connectivity index (χ3v) is 3.07. The third kappa shape index (κ3) is 3.91. The molecule has 0 aliphatic carbocycles. The molecule has 0 aliphatic heterocycles. The lowest BCUT2D eigenvalue weighted by atomic mass is 10.0. The molecule has 1 aromatic carbocycles. The van der Waals surface area contributed by atoms with Crippen LogP contribution in [0.3, 0.4) is 0 Å². The minimum atomic E-state index is -0.528. The van der Waals surface area contributed by atoms with E-state index in [0.29, 0.717) is 16.8 Å². The Kier molecular flexibility index (Phi) is 4.70. The van der Waals surface area contributed by atoms with Gasteiger partial charge in [-0.25, -0.2) is 0 Å². The zero-order chi connectivity index (χ0) is 17.0. The van der Waals surface area contributed by atoms with Crippen LogP contribution in [0, 0.1) is 10.1 Å². The van der Waals surface area contributed by atoms with Gasteiger partial charge in [-0.1, -0.05) is 0 Å². The summed E-state index contributed by atoms with van der Waals surface area (Å²) in [5.41, 5.74) is 0.604. The number of aromatic nitrogens is 1. The van der Waals surface area contributed by atoms with Crippen LogP contribution in [-0.2, 0) is 0 Å². The van der Waals surface area contributed by atoms with Crippen molar-refractivity contribution in [2.75, 3.05) is 14.1 Å². The van der Waals surface area contributed by atoms with E-state index in [-0.39, 0.29) is 17.0 Å². The molecule has 23 heavy (non-hydrogen) atoms. The molecule has 0 amide bonds. The SMILES string of the molecule is CN(C)C=Cc1[nH]c(=O)ccc1C(=O)c1ccc([N+](=O)[O-])cc1. The Morgan fingerprint density at radius 1 is 1.17 bits per heavy atom. The quantitative estimate of drug-likeness (QED) is 0.517. The molecular weight excluding hydrogens is 298 g/mol. The number of nitrogens with one attached hydrogen (secondary N) is 1. The van der Waals surface area contributed by atoms with E-state index < -0.39 is 4.92 Å². The van der Waals surface area contributed by atoms with Gasteiger partial charge in [0.15, 0.2) is 5.78 Å². The highest BCUT2D eigenvalue weighted by Crippen LogP contribution is 2.17. The number of H-pyrrole nitrogens is 1. The maximum absolute atomic E-state index is 12.6. The zero-order valence-corrected chi connectivity index (χ0v) is 12.6. The molecule has 0 radical (unpaired) electrons. The van der Waals surface area contributed by atoms with E-state index >= 15 is 0 Å². The maximum atomic E-state index is 12.6. The number of pyridine rings is 1. The Balaban J connectivity index is 2.42. The molecule has 2 rings (SSSR count). The first kappa shape index (κ1) is 16.2. The standard InChI is InChI=1S/C16H15N3O4/c1-18(2)10-9-14-13(7-8-15(20)17-14)16(21)11-3-5-12(6-4-11)19(22)23/h3-10H,1-2H3,(H,17,20). The van der Waals surface area contributed by atoms with Crippen LogP contribution in [0.2, 0.25) is 0 Å². The number of non-ortho nitro benzene ring substituents is 1. The minimum absolute atomic E-state index is 0.0873. The number of ketones is 1. The zero-order valence-electron chi connectivity index (χ0n) is 12.6. The van der Waals surface area contributed by atoms with Crippen molar-refractivity contribution < 1.29 is 9.72 Å². The van der Waals surface area contributed by atoms with Crippen LogP contribution in [-0.4, -0.2) is 34.7 Å². The number of benzene rings is 1. The fraction of sp³-hybridized carbons (Fsp3) is 0.125. The fourth-order valence-corrected chi connectivity index (χ4v) is 1.93. The van der Waals surface area contributed by atoms with Crippen LogP contribution in [0.4, 0.5) is 5.69 Å². The summed E-state index contributed by atoms with van der Waals surface area (Å²) in [6.45, 7) is 0. The lowest BCUT2D eigenvalue weighted by Crippen LogP contribution is -2.12. The summed E-state index contributed by atoms with van der Waals surface area (Å²) in [6.07, 6.45) is 3.33. The van der Waals surface area contributed by atoms with Crippen molar-refractivity contribution in [2.24, 2.45) is 0 Å². The van der Waals surface area contributed by atoms with Crippen LogP contribution in [0.5, 0.6) is 0 Å². The van der Waals surface area contributed by atoms with Crippen LogP contribution in [0.15, 0.2) is 47.4 Å². The number of hydrogen-bond donors (Lipinski definition) is 1. The summed E-state index contributed by atoms with van der Waals surface area (Å²) in [5, 5.41) is 10.7. The number of nitro benzene ring substituents is 1. The van der Waals surface area contributed by atoms with Gasteiger partial charge >= 0.3 is 0 Å². The molecule has 0 saturated heterocycles. The van der Waals surface area contributed by atoms with Gasteiger partial charge in [0, 0.05) is 49.6 Å². The molecule has 0 unspecified atom stereocenters. The molecule has 0 fully saturated rings. The molecule has 0 bridgehead atoms. The molecule has 1 N–H and O–H groups in total. The molecular formula is C16H15N3O4. The first-order chi connectivity index (χ1) is 10.9. The number of carbonyl (C=O) groups excluding carboxylic acids is 1. The predicted octanol–water partition coefficient (Wildman–Crippen LogP) is 2.05. The van der Waals surface area contributed by atoms with Gasteiger partial charge in [-0.3, -0.25) is 19.7 Å². The van der Waals surface area contributed by atoms with Crippen molar-refractivity contribution in [1.29, 1.82) is 0 Å². The first-order valence-electron chi connectivity index (χ1n) is 6.75. The molecule has 0 aliphatic rings. The average molecular weight is 313 g/mol. The maximum Gasteiger partial charge on any atom is 0.269 e. The number of carbonyl (C=O) groups is 1. The van der Waals surface area contributed by atoms with Crippen molar-refractivity contribution in [3.63, 3.8) is 0 Å². The van der Waals surface area contributed by atoms with Gasteiger partial charge in [0.05, 0.1) is 10.6 Å². The van der Waals surface area contributed by atoms with Gasteiger partial charge in [0.25, 0.3) is 5.69 Å². The van der Waals surface area contributed by atoms with Crippen molar-refractivity contribution in [1.82, 2.24) is 9.88 Å². The van der Waals surface area contributed by atoms with Gasteiger partial charge in [-0.05, 0) is 24.3 Å². The Bertz CT molecular complexity index is 820. The second-order valence-electron chi connectivity index (χ2n) is 5.06. The fourth-order valence-electron chi connectivity index (χ4n) is 1.93. The number of nitrogens with zero attached hydrogens (tertiary/aromatic N) is 2. The van der Waals surface area contributed by atoms with Crippen molar-refractivity contribution in [3.05, 3.63) is 79.9 Å². The Hall–Kier alpha value is -3.22. The highest BCUT2D eigenvalue weighted by Gasteiger charge is 2.15. The van der Waals surface area contributed by atoms with E-state index in [1.807, 2.05) is 14.1 Å². The second kappa shape index (κ2) is 6.69. The molecule has 1 aromatic heterocycles. The molecule has 2 aromatic rings. The molecule has 1 heterocycles. The van der Waals surface area contributed by atoms with Gasteiger partial charge in [-0.15, -0.1) is 0 Å². The molecule has 7 nitrogen and oxygen atoms in total. The Morgan fingerprint density at radius 2 is 1.83 bits per heavy atom. The van der Waals surface area contributed by atoms with Crippen LogP contribution in [0.25, 0.3) is 6.08 Å². The number of nitro groups is 1. The average Bonchev–Trinajstić information content (AvgIpc) is 2.52. The monoisotopic (exact) mass is 313 g/mol. The molecule has 0 atom stereocenters. The first-order valence-corrected chi connectivity index (χ1v) is 6.75. The molecule has 0 saturated carbocycles.